The van der Waals surface area contributed by atoms with Crippen LogP contribution < -0.4 is 11.1 Å². The molecule has 0 atom stereocenters. The molecule has 0 aromatic heterocycles. The fourth-order valence-electron chi connectivity index (χ4n) is 1.79. The number of nitrogens with two attached hydrogens (primary N) is 1. The van der Waals surface area contributed by atoms with Gasteiger partial charge in [0.15, 0.2) is 0 Å². The van der Waals surface area contributed by atoms with Crippen molar-refractivity contribution in [1.29, 1.82) is 0 Å². The molecule has 0 bridgehead atoms. The molecular weight excluding hydrogens is 274 g/mol. The summed E-state index contributed by atoms with van der Waals surface area (Å²) in [5, 5.41) is 13.6. The molecule has 0 heterocycles. The van der Waals surface area contributed by atoms with Gasteiger partial charge in [-0.05, 0) is 17.9 Å². The van der Waals surface area contributed by atoms with Crippen molar-refractivity contribution in [2.24, 2.45) is 5.41 Å². The SMILES string of the molecule is COCCC(C)(C)CNC(=O)c1cccc([N+](=O)[O-])c1N. The first-order valence-electron chi connectivity index (χ1n) is 6.58. The number of amides is 1. The highest BCUT2D eigenvalue weighted by Gasteiger charge is 2.22. The van der Waals surface area contributed by atoms with E-state index in [0.29, 0.717) is 13.2 Å². The van der Waals surface area contributed by atoms with E-state index < -0.39 is 10.8 Å². The Bertz CT molecular complexity index is 529. The van der Waals surface area contributed by atoms with E-state index in [1.54, 1.807) is 7.11 Å². The van der Waals surface area contributed by atoms with Crippen LogP contribution in [0.25, 0.3) is 0 Å². The zero-order valence-electron chi connectivity index (χ0n) is 12.5. The Kier molecular flexibility index (Phi) is 5.66. The van der Waals surface area contributed by atoms with E-state index in [1.165, 1.54) is 18.2 Å². The first kappa shape index (κ1) is 16.9. The molecule has 0 unspecified atom stereocenters. The van der Waals surface area contributed by atoms with Crippen molar-refractivity contribution in [1.82, 2.24) is 5.32 Å². The van der Waals surface area contributed by atoms with Gasteiger partial charge >= 0.3 is 0 Å². The number of para-hydroxylation sites is 1. The number of methoxy groups -OCH3 is 1. The maximum Gasteiger partial charge on any atom is 0.292 e. The molecule has 0 radical (unpaired) electrons. The number of carbonyl (C=O) groups is 1. The van der Waals surface area contributed by atoms with Crippen LogP contribution in [-0.4, -0.2) is 31.1 Å². The zero-order valence-corrected chi connectivity index (χ0v) is 12.5. The number of anilines is 1. The Morgan fingerprint density at radius 1 is 1.48 bits per heavy atom. The second kappa shape index (κ2) is 7.03. The van der Waals surface area contributed by atoms with Crippen LogP contribution in [0.5, 0.6) is 0 Å². The smallest absolute Gasteiger partial charge is 0.292 e. The molecule has 1 aromatic rings. The fourth-order valence-corrected chi connectivity index (χ4v) is 1.79. The molecule has 0 saturated carbocycles. The van der Waals surface area contributed by atoms with E-state index in [1.807, 2.05) is 13.8 Å². The highest BCUT2D eigenvalue weighted by atomic mass is 16.6. The summed E-state index contributed by atoms with van der Waals surface area (Å²) in [6.07, 6.45) is 0.786. The van der Waals surface area contributed by atoms with Crippen molar-refractivity contribution in [3.8, 4) is 0 Å². The number of hydrogen-bond acceptors (Lipinski definition) is 5. The summed E-state index contributed by atoms with van der Waals surface area (Å²) in [4.78, 5) is 22.3. The molecular formula is C14H21N3O4. The van der Waals surface area contributed by atoms with Crippen LogP contribution in [0.2, 0.25) is 0 Å². The van der Waals surface area contributed by atoms with Gasteiger partial charge in [-0.2, -0.15) is 0 Å². The minimum atomic E-state index is -0.603. The standard InChI is InChI=1S/C14H21N3O4/c1-14(2,7-8-21-3)9-16-13(18)10-5-4-6-11(12(10)15)17(19)20/h4-6H,7-9,15H2,1-3H3,(H,16,18). The van der Waals surface area contributed by atoms with E-state index in [0.717, 1.165) is 6.42 Å². The lowest BCUT2D eigenvalue weighted by molar-refractivity contribution is -0.383. The number of benzene rings is 1. The topological polar surface area (TPSA) is 107 Å². The Balaban J connectivity index is 2.77. The normalized spacial score (nSPS) is 11.2. The highest BCUT2D eigenvalue weighted by Crippen LogP contribution is 2.25. The van der Waals surface area contributed by atoms with Crippen molar-refractivity contribution >= 4 is 17.3 Å². The molecule has 0 saturated heterocycles. The number of nitrogens with zero attached hydrogens (tertiary/aromatic N) is 1. The fraction of sp³-hybridized carbons (Fsp3) is 0.500. The molecule has 0 aliphatic carbocycles. The molecule has 7 heteroatoms. The maximum atomic E-state index is 12.1. The summed E-state index contributed by atoms with van der Waals surface area (Å²) < 4.78 is 5.02. The Labute approximate surface area is 123 Å². The average molecular weight is 295 g/mol. The van der Waals surface area contributed by atoms with Gasteiger partial charge in [-0.25, -0.2) is 0 Å². The minimum Gasteiger partial charge on any atom is -0.393 e. The summed E-state index contributed by atoms with van der Waals surface area (Å²) in [7, 11) is 1.62. The van der Waals surface area contributed by atoms with Crippen molar-refractivity contribution in [3.63, 3.8) is 0 Å². The van der Waals surface area contributed by atoms with Gasteiger partial charge in [-0.1, -0.05) is 19.9 Å². The van der Waals surface area contributed by atoms with Gasteiger partial charge in [0.2, 0.25) is 0 Å². The summed E-state index contributed by atoms with van der Waals surface area (Å²) in [6.45, 7) is 5.03. The van der Waals surface area contributed by atoms with Crippen LogP contribution in [0, 0.1) is 15.5 Å². The van der Waals surface area contributed by atoms with Crippen LogP contribution in [0.3, 0.4) is 0 Å². The van der Waals surface area contributed by atoms with Crippen LogP contribution in [0.4, 0.5) is 11.4 Å². The van der Waals surface area contributed by atoms with E-state index in [2.05, 4.69) is 5.32 Å². The van der Waals surface area contributed by atoms with Gasteiger partial charge in [-0.3, -0.25) is 14.9 Å². The molecule has 0 aliphatic rings. The average Bonchev–Trinajstić information content (AvgIpc) is 2.42. The largest absolute Gasteiger partial charge is 0.393 e. The first-order chi connectivity index (χ1) is 9.78. The second-order valence-electron chi connectivity index (χ2n) is 5.59. The lowest BCUT2D eigenvalue weighted by atomic mass is 9.89. The summed E-state index contributed by atoms with van der Waals surface area (Å²) in [6, 6.07) is 4.19. The maximum absolute atomic E-state index is 12.1. The molecule has 0 aliphatic heterocycles. The van der Waals surface area contributed by atoms with Crippen molar-refractivity contribution < 1.29 is 14.5 Å². The lowest BCUT2D eigenvalue weighted by Crippen LogP contribution is -2.35. The van der Waals surface area contributed by atoms with E-state index >= 15 is 0 Å². The monoisotopic (exact) mass is 295 g/mol. The van der Waals surface area contributed by atoms with Gasteiger partial charge in [0.05, 0.1) is 10.5 Å². The number of nitrogen functional groups attached to an aromatic ring is 1. The zero-order chi connectivity index (χ0) is 16.0. The number of nitrogens with one attached hydrogen (secondary N) is 1. The third-order valence-corrected chi connectivity index (χ3v) is 3.23. The molecule has 1 aromatic carbocycles. The first-order valence-corrected chi connectivity index (χ1v) is 6.58. The molecule has 0 spiro atoms. The van der Waals surface area contributed by atoms with Crippen LogP contribution in [0.1, 0.15) is 30.6 Å². The van der Waals surface area contributed by atoms with Gasteiger partial charge < -0.3 is 15.8 Å². The van der Waals surface area contributed by atoms with E-state index in [9.17, 15) is 14.9 Å². The molecule has 3 N–H and O–H groups in total. The van der Waals surface area contributed by atoms with Crippen LogP contribution >= 0.6 is 0 Å². The third-order valence-electron chi connectivity index (χ3n) is 3.23. The minimum absolute atomic E-state index is 0.116. The Morgan fingerprint density at radius 3 is 2.71 bits per heavy atom. The number of carbonyl (C=O) groups excluding carboxylic acids is 1. The molecule has 1 amide bonds. The Morgan fingerprint density at radius 2 is 2.14 bits per heavy atom. The van der Waals surface area contributed by atoms with Crippen molar-refractivity contribution in [2.75, 3.05) is 26.0 Å². The van der Waals surface area contributed by atoms with Gasteiger partial charge in [0, 0.05) is 26.3 Å². The quantitative estimate of drug-likeness (QED) is 0.454. The number of nitro groups is 1. The molecule has 0 fully saturated rings. The van der Waals surface area contributed by atoms with Gasteiger partial charge in [-0.15, -0.1) is 0 Å². The molecule has 21 heavy (non-hydrogen) atoms. The lowest BCUT2D eigenvalue weighted by Gasteiger charge is -2.24. The van der Waals surface area contributed by atoms with Crippen LogP contribution in [-0.2, 0) is 4.74 Å². The van der Waals surface area contributed by atoms with Crippen LogP contribution in [0.15, 0.2) is 18.2 Å². The summed E-state index contributed by atoms with van der Waals surface area (Å²) in [5.41, 5.74) is 5.28. The van der Waals surface area contributed by atoms with E-state index in [4.69, 9.17) is 10.5 Å². The molecule has 116 valence electrons. The van der Waals surface area contributed by atoms with Crippen molar-refractivity contribution in [2.45, 2.75) is 20.3 Å². The predicted molar refractivity (Wildman–Crippen MR) is 80.1 cm³/mol. The third kappa shape index (κ3) is 4.71. The predicted octanol–water partition coefficient (Wildman–Crippen LogP) is 1.97. The van der Waals surface area contributed by atoms with Crippen molar-refractivity contribution in [3.05, 3.63) is 33.9 Å². The number of rotatable bonds is 7. The van der Waals surface area contributed by atoms with Gasteiger partial charge in [0.25, 0.3) is 11.6 Å². The summed E-state index contributed by atoms with van der Waals surface area (Å²) in [5.74, 6) is -0.415. The number of hydrogen-bond donors (Lipinski definition) is 2. The Hall–Kier alpha value is -2.15. The second-order valence-corrected chi connectivity index (χ2v) is 5.59. The molecule has 7 nitrogen and oxygen atoms in total. The summed E-state index contributed by atoms with van der Waals surface area (Å²) >= 11 is 0. The van der Waals surface area contributed by atoms with E-state index in [-0.39, 0.29) is 22.4 Å². The van der Waals surface area contributed by atoms with Gasteiger partial charge in [0.1, 0.15) is 5.69 Å². The molecule has 1 rings (SSSR count). The number of ether oxygens (including phenoxy) is 1. The highest BCUT2D eigenvalue weighted by molar-refractivity contribution is 6.00. The number of nitro benzene ring substituents is 1.